The molecule has 0 aromatic carbocycles. The third kappa shape index (κ3) is 2.59. The Morgan fingerprint density at radius 2 is 2.00 bits per heavy atom. The molecule has 2 fully saturated rings. The highest BCUT2D eigenvalue weighted by Crippen LogP contribution is 2.40. The maximum Gasteiger partial charge on any atom is 0.333 e. The van der Waals surface area contributed by atoms with Gasteiger partial charge in [0, 0.05) is 24.1 Å². The third-order valence-electron chi connectivity index (χ3n) is 4.70. The van der Waals surface area contributed by atoms with E-state index in [2.05, 4.69) is 4.90 Å². The quantitative estimate of drug-likeness (QED) is 0.580. The summed E-state index contributed by atoms with van der Waals surface area (Å²) in [5, 5.41) is 0. The Morgan fingerprint density at radius 3 is 2.60 bits per heavy atom. The standard InChI is InChI=1S/C15H23NO4/c1-5-9(2)14(17)20-12-8-10-6-7-11(16(10)3)13(12)15(18)19-4/h5,10-13H,6-8H2,1-4H3/b9-5+/t10-,11+,12-,13+/m0/s1. The average molecular weight is 281 g/mol. The lowest BCUT2D eigenvalue weighted by atomic mass is 9.87. The molecule has 20 heavy (non-hydrogen) atoms. The Labute approximate surface area is 119 Å². The van der Waals surface area contributed by atoms with Gasteiger partial charge in [-0.15, -0.1) is 0 Å². The van der Waals surface area contributed by atoms with Crippen LogP contribution in [0.2, 0.25) is 0 Å². The molecule has 0 aromatic heterocycles. The number of ether oxygens (including phenoxy) is 2. The summed E-state index contributed by atoms with van der Waals surface area (Å²) in [5.74, 6) is -0.995. The normalized spacial score (nSPS) is 33.9. The van der Waals surface area contributed by atoms with Crippen molar-refractivity contribution in [2.75, 3.05) is 14.2 Å². The third-order valence-corrected chi connectivity index (χ3v) is 4.70. The first-order valence-corrected chi connectivity index (χ1v) is 7.13. The molecule has 2 saturated heterocycles. The van der Waals surface area contributed by atoms with Crippen LogP contribution in [0.5, 0.6) is 0 Å². The maximum atomic E-state index is 12.1. The Bertz CT molecular complexity index is 432. The number of esters is 2. The molecule has 112 valence electrons. The zero-order valence-corrected chi connectivity index (χ0v) is 12.6. The topological polar surface area (TPSA) is 55.8 Å². The number of carbonyl (C=O) groups is 2. The lowest BCUT2D eigenvalue weighted by Gasteiger charge is -2.40. The van der Waals surface area contributed by atoms with E-state index in [1.807, 2.05) is 7.05 Å². The minimum absolute atomic E-state index is 0.116. The summed E-state index contributed by atoms with van der Waals surface area (Å²) in [6, 6.07) is 0.509. The van der Waals surface area contributed by atoms with Gasteiger partial charge in [-0.3, -0.25) is 9.69 Å². The number of nitrogens with zero attached hydrogens (tertiary/aromatic N) is 1. The highest BCUT2D eigenvalue weighted by Gasteiger charge is 2.50. The van der Waals surface area contributed by atoms with E-state index in [0.717, 1.165) is 12.8 Å². The molecule has 0 spiro atoms. The van der Waals surface area contributed by atoms with E-state index >= 15 is 0 Å². The van der Waals surface area contributed by atoms with Gasteiger partial charge in [0.2, 0.25) is 0 Å². The monoisotopic (exact) mass is 281 g/mol. The van der Waals surface area contributed by atoms with Crippen molar-refractivity contribution < 1.29 is 19.1 Å². The van der Waals surface area contributed by atoms with E-state index in [9.17, 15) is 9.59 Å². The van der Waals surface area contributed by atoms with Crippen molar-refractivity contribution in [1.29, 1.82) is 0 Å². The zero-order chi connectivity index (χ0) is 14.9. The van der Waals surface area contributed by atoms with Crippen LogP contribution >= 0.6 is 0 Å². The molecule has 0 saturated carbocycles. The van der Waals surface area contributed by atoms with Gasteiger partial charge < -0.3 is 9.47 Å². The van der Waals surface area contributed by atoms with E-state index in [-0.39, 0.29) is 30.0 Å². The highest BCUT2D eigenvalue weighted by molar-refractivity contribution is 5.88. The largest absolute Gasteiger partial charge is 0.469 e. The molecule has 2 rings (SSSR count). The van der Waals surface area contributed by atoms with Crippen LogP contribution in [0, 0.1) is 5.92 Å². The Kier molecular flexibility index (Phi) is 4.48. The zero-order valence-electron chi connectivity index (χ0n) is 12.6. The van der Waals surface area contributed by atoms with Crippen LogP contribution in [-0.2, 0) is 19.1 Å². The van der Waals surface area contributed by atoms with Crippen molar-refractivity contribution in [3.8, 4) is 0 Å². The lowest BCUT2D eigenvalue weighted by molar-refractivity contribution is -0.166. The predicted molar refractivity (Wildman–Crippen MR) is 74.0 cm³/mol. The van der Waals surface area contributed by atoms with Crippen molar-refractivity contribution >= 4 is 11.9 Å². The summed E-state index contributed by atoms with van der Waals surface area (Å²) < 4.78 is 10.5. The van der Waals surface area contributed by atoms with Gasteiger partial charge in [0.25, 0.3) is 0 Å². The van der Waals surface area contributed by atoms with Crippen molar-refractivity contribution in [3.63, 3.8) is 0 Å². The molecule has 0 radical (unpaired) electrons. The number of methoxy groups -OCH3 is 1. The number of piperidine rings is 1. The van der Waals surface area contributed by atoms with Gasteiger partial charge in [0.05, 0.1) is 7.11 Å². The summed E-state index contributed by atoms with van der Waals surface area (Å²) in [5.41, 5.74) is 0.569. The van der Waals surface area contributed by atoms with Crippen molar-refractivity contribution in [1.82, 2.24) is 4.90 Å². The van der Waals surface area contributed by atoms with Gasteiger partial charge in [0.15, 0.2) is 0 Å². The number of fused-ring (bicyclic) bond motifs is 2. The van der Waals surface area contributed by atoms with Crippen LogP contribution in [0.4, 0.5) is 0 Å². The molecule has 2 aliphatic heterocycles. The van der Waals surface area contributed by atoms with E-state index in [1.165, 1.54) is 7.11 Å². The van der Waals surface area contributed by atoms with Crippen molar-refractivity contribution in [2.45, 2.75) is 51.3 Å². The summed E-state index contributed by atoms with van der Waals surface area (Å²) in [6.07, 6.45) is 4.05. The second-order valence-electron chi connectivity index (χ2n) is 5.66. The first-order chi connectivity index (χ1) is 9.49. The summed E-state index contributed by atoms with van der Waals surface area (Å²) in [6.45, 7) is 3.52. The van der Waals surface area contributed by atoms with E-state index in [0.29, 0.717) is 18.0 Å². The average Bonchev–Trinajstić information content (AvgIpc) is 2.69. The first-order valence-electron chi connectivity index (χ1n) is 7.13. The molecule has 4 atom stereocenters. The molecule has 2 bridgehead atoms. The van der Waals surface area contributed by atoms with Gasteiger partial charge in [-0.25, -0.2) is 4.79 Å². The van der Waals surface area contributed by atoms with Gasteiger partial charge in [-0.1, -0.05) is 6.08 Å². The predicted octanol–water partition coefficient (Wildman–Crippen LogP) is 1.52. The summed E-state index contributed by atoms with van der Waals surface area (Å²) >= 11 is 0. The molecular weight excluding hydrogens is 258 g/mol. The van der Waals surface area contributed by atoms with Crippen LogP contribution in [0.15, 0.2) is 11.6 Å². The fourth-order valence-electron chi connectivity index (χ4n) is 3.34. The van der Waals surface area contributed by atoms with Crippen LogP contribution in [0.3, 0.4) is 0 Å². The number of hydrogen-bond acceptors (Lipinski definition) is 5. The van der Waals surface area contributed by atoms with Crippen LogP contribution < -0.4 is 0 Å². The fraction of sp³-hybridized carbons (Fsp3) is 0.733. The molecule has 5 heteroatoms. The maximum absolute atomic E-state index is 12.1. The molecule has 0 N–H and O–H groups in total. The molecule has 0 amide bonds. The van der Waals surface area contributed by atoms with Crippen molar-refractivity contribution in [3.05, 3.63) is 11.6 Å². The minimum atomic E-state index is -0.377. The van der Waals surface area contributed by atoms with Gasteiger partial charge in [-0.05, 0) is 33.7 Å². The Hall–Kier alpha value is -1.36. The highest BCUT2D eigenvalue weighted by atomic mass is 16.6. The van der Waals surface area contributed by atoms with Gasteiger partial charge in [-0.2, -0.15) is 0 Å². The lowest BCUT2D eigenvalue weighted by Crippen LogP contribution is -2.53. The minimum Gasteiger partial charge on any atom is -0.469 e. The van der Waals surface area contributed by atoms with Crippen molar-refractivity contribution in [2.24, 2.45) is 5.92 Å². The smallest absolute Gasteiger partial charge is 0.333 e. The van der Waals surface area contributed by atoms with Crippen LogP contribution in [-0.4, -0.2) is 49.2 Å². The number of carbonyl (C=O) groups excluding carboxylic acids is 2. The molecule has 0 aliphatic carbocycles. The Balaban J connectivity index is 2.18. The van der Waals surface area contributed by atoms with Gasteiger partial charge in [0.1, 0.15) is 12.0 Å². The number of allylic oxidation sites excluding steroid dienone is 1. The molecule has 0 unspecified atom stereocenters. The molecule has 2 heterocycles. The molecule has 5 nitrogen and oxygen atoms in total. The van der Waals surface area contributed by atoms with Crippen LogP contribution in [0.25, 0.3) is 0 Å². The number of rotatable bonds is 3. The summed E-state index contributed by atoms with van der Waals surface area (Å²) in [4.78, 5) is 26.3. The second-order valence-corrected chi connectivity index (χ2v) is 5.66. The summed E-state index contributed by atoms with van der Waals surface area (Å²) in [7, 11) is 3.42. The first kappa shape index (κ1) is 15.0. The number of hydrogen-bond donors (Lipinski definition) is 0. The van der Waals surface area contributed by atoms with Crippen LogP contribution in [0.1, 0.15) is 33.1 Å². The second kappa shape index (κ2) is 5.95. The molecule has 0 aromatic rings. The van der Waals surface area contributed by atoms with E-state index < -0.39 is 0 Å². The van der Waals surface area contributed by atoms with E-state index in [4.69, 9.17) is 9.47 Å². The van der Waals surface area contributed by atoms with Gasteiger partial charge >= 0.3 is 11.9 Å². The van der Waals surface area contributed by atoms with E-state index in [1.54, 1.807) is 19.9 Å². The molecule has 2 aliphatic rings. The fourth-order valence-corrected chi connectivity index (χ4v) is 3.34. The SMILES string of the molecule is C/C=C(\C)C(=O)O[C@H]1C[C@@H]2CC[C@H]([C@H]1C(=O)OC)N2C. The molecular formula is C15H23NO4. The Morgan fingerprint density at radius 1 is 1.30 bits per heavy atom.